The van der Waals surface area contributed by atoms with E-state index >= 15 is 0 Å². The van der Waals surface area contributed by atoms with Crippen LogP contribution in [0.25, 0.3) is 0 Å². The quantitative estimate of drug-likeness (QED) is 0.400. The van der Waals surface area contributed by atoms with Crippen molar-refractivity contribution in [2.24, 2.45) is 0 Å². The molecule has 252 valence electrons. The first-order valence-electron chi connectivity index (χ1n) is 12.3. The summed E-state index contributed by atoms with van der Waals surface area (Å²) in [6.07, 6.45) is -10.3. The highest BCUT2D eigenvalue weighted by Gasteiger charge is 2.40. The van der Waals surface area contributed by atoms with E-state index in [1.807, 2.05) is 24.5 Å². The van der Waals surface area contributed by atoms with Crippen molar-refractivity contribution in [2.45, 2.75) is 43.6 Å². The fourth-order valence-electron chi connectivity index (χ4n) is 3.77. The molecule has 0 aliphatic carbocycles. The van der Waals surface area contributed by atoms with Crippen LogP contribution in [0, 0.1) is 5.82 Å². The molecule has 2 aliphatic rings. The lowest BCUT2D eigenvalue weighted by Gasteiger charge is -2.37. The van der Waals surface area contributed by atoms with E-state index in [1.165, 1.54) is 17.7 Å². The number of halogens is 10. The van der Waals surface area contributed by atoms with Crippen molar-refractivity contribution in [1.29, 1.82) is 0 Å². The maximum atomic E-state index is 13.3. The molecule has 0 saturated carbocycles. The van der Waals surface area contributed by atoms with Crippen LogP contribution < -0.4 is 4.74 Å². The van der Waals surface area contributed by atoms with Gasteiger partial charge in [0.1, 0.15) is 17.7 Å². The van der Waals surface area contributed by atoms with Crippen LogP contribution >= 0.6 is 0 Å². The third-order valence-electron chi connectivity index (χ3n) is 5.62. The first kappa shape index (κ1) is 38.8. The highest BCUT2D eigenvalue weighted by Crippen LogP contribution is 2.27. The van der Waals surface area contributed by atoms with E-state index in [9.17, 15) is 43.9 Å². The number of hydrogen-bond donors (Lipinski definition) is 3. The van der Waals surface area contributed by atoms with Crippen molar-refractivity contribution in [3.63, 3.8) is 0 Å². The number of benzene rings is 1. The molecule has 4 rings (SSSR count). The summed E-state index contributed by atoms with van der Waals surface area (Å²) in [6.45, 7) is 5.07. The second-order valence-corrected chi connectivity index (χ2v) is 9.09. The average Bonchev–Trinajstić information content (AvgIpc) is 3.30. The van der Waals surface area contributed by atoms with Gasteiger partial charge in [0.25, 0.3) is 0 Å². The first-order valence-corrected chi connectivity index (χ1v) is 12.3. The smallest absolute Gasteiger partial charge is 0.489 e. The Labute approximate surface area is 247 Å². The molecule has 2 fully saturated rings. The molecule has 0 radical (unpaired) electrons. The molecular formula is C25H25F10N3O7. The lowest BCUT2D eigenvalue weighted by molar-refractivity contribution is -0.193. The highest BCUT2D eigenvalue weighted by molar-refractivity contribution is 5.73. The van der Waals surface area contributed by atoms with E-state index in [0.717, 1.165) is 39.1 Å². The van der Waals surface area contributed by atoms with E-state index in [1.54, 1.807) is 6.07 Å². The van der Waals surface area contributed by atoms with Gasteiger partial charge in [0.2, 0.25) is 0 Å². The van der Waals surface area contributed by atoms with E-state index in [4.69, 9.17) is 34.4 Å². The zero-order valence-corrected chi connectivity index (χ0v) is 22.6. The molecule has 0 bridgehead atoms. The van der Waals surface area contributed by atoms with Gasteiger partial charge in [0, 0.05) is 63.6 Å². The van der Waals surface area contributed by atoms with Gasteiger partial charge in [-0.05, 0) is 23.8 Å². The minimum atomic E-state index is -5.08. The zero-order chi connectivity index (χ0) is 34.6. The molecule has 2 atom stereocenters. The van der Waals surface area contributed by atoms with Crippen LogP contribution in [0.4, 0.5) is 43.9 Å². The number of hydrogen-bond acceptors (Lipinski definition) is 7. The van der Waals surface area contributed by atoms with Gasteiger partial charge in [-0.1, -0.05) is 12.1 Å². The topological polar surface area (TPSA) is 140 Å². The van der Waals surface area contributed by atoms with Crippen LogP contribution in [-0.4, -0.2) is 105 Å². The number of carboxylic acids is 3. The molecule has 3 N–H and O–H groups in total. The van der Waals surface area contributed by atoms with Crippen molar-refractivity contribution in [3.05, 3.63) is 60.2 Å². The summed E-state index contributed by atoms with van der Waals surface area (Å²) in [6, 6.07) is 11.1. The van der Waals surface area contributed by atoms with Gasteiger partial charge < -0.3 is 20.1 Å². The summed E-state index contributed by atoms with van der Waals surface area (Å²) < 4.78 is 114. The largest absolute Gasteiger partial charge is 0.490 e. The number of aliphatic carboxylic acids is 3. The van der Waals surface area contributed by atoms with Crippen molar-refractivity contribution in [2.75, 3.05) is 26.2 Å². The Morgan fingerprint density at radius 3 is 1.80 bits per heavy atom. The number of ether oxygens (including phenoxy) is 1. The fourth-order valence-corrected chi connectivity index (χ4v) is 3.77. The van der Waals surface area contributed by atoms with E-state index in [0.29, 0.717) is 11.8 Å². The normalized spacial score (nSPS) is 18.4. The van der Waals surface area contributed by atoms with Crippen molar-refractivity contribution >= 4 is 17.9 Å². The second kappa shape index (κ2) is 16.8. The molecule has 1 aromatic heterocycles. The minimum absolute atomic E-state index is 0.148. The molecule has 3 heterocycles. The first-order chi connectivity index (χ1) is 20.6. The standard InChI is InChI=1S/C19H22FN3O.3C2HF3O2/c20-16-4-1-5-18(9-16)24-19-10-17-13-22(7-8-23(17)14-19)12-15-3-2-6-21-11-15;3*3-2(4,5)1(6)7/h1-6,9,11,17,19H,7-8,10,12-14H2;3*(H,6,7)/t17-,19+;;;/m0.../s1. The highest BCUT2D eigenvalue weighted by atomic mass is 19.4. The minimum Gasteiger partial charge on any atom is -0.489 e. The lowest BCUT2D eigenvalue weighted by Crippen LogP contribution is -2.49. The van der Waals surface area contributed by atoms with E-state index < -0.39 is 36.4 Å². The van der Waals surface area contributed by atoms with Gasteiger partial charge in [-0.2, -0.15) is 39.5 Å². The van der Waals surface area contributed by atoms with Gasteiger partial charge in [-0.3, -0.25) is 14.8 Å². The Kier molecular flexibility index (Phi) is 14.5. The van der Waals surface area contributed by atoms with Gasteiger partial charge >= 0.3 is 36.4 Å². The van der Waals surface area contributed by atoms with E-state index in [-0.39, 0.29) is 11.9 Å². The molecule has 45 heavy (non-hydrogen) atoms. The van der Waals surface area contributed by atoms with Crippen molar-refractivity contribution < 1.29 is 78.3 Å². The summed E-state index contributed by atoms with van der Waals surface area (Å²) >= 11 is 0. The Morgan fingerprint density at radius 2 is 1.36 bits per heavy atom. The van der Waals surface area contributed by atoms with Gasteiger partial charge in [0.05, 0.1) is 0 Å². The second-order valence-electron chi connectivity index (χ2n) is 9.09. The summed E-state index contributed by atoms with van der Waals surface area (Å²) in [7, 11) is 0. The number of fused-ring (bicyclic) bond motifs is 1. The number of pyridine rings is 1. The number of nitrogens with zero attached hydrogens (tertiary/aromatic N) is 3. The predicted molar refractivity (Wildman–Crippen MR) is 131 cm³/mol. The molecular weight excluding hydrogens is 644 g/mol. The number of carbonyl (C=O) groups is 3. The molecule has 0 spiro atoms. The fraction of sp³-hybridized carbons (Fsp3) is 0.440. The van der Waals surface area contributed by atoms with Crippen LogP contribution in [0.5, 0.6) is 5.75 Å². The van der Waals surface area contributed by atoms with E-state index in [2.05, 4.69) is 20.9 Å². The van der Waals surface area contributed by atoms with Gasteiger partial charge in [0.15, 0.2) is 0 Å². The monoisotopic (exact) mass is 669 g/mol. The predicted octanol–water partition coefficient (Wildman–Crippen LogP) is 4.46. The molecule has 20 heteroatoms. The SMILES string of the molecule is Fc1cccc(O[C@@H]2C[C@H]3CN(Cc4cccnc4)CCN3C2)c1.O=C(O)C(F)(F)F.O=C(O)C(F)(F)F.O=C(O)C(F)(F)F. The molecule has 2 aromatic rings. The Morgan fingerprint density at radius 1 is 0.822 bits per heavy atom. The Hall–Kier alpha value is -4.20. The zero-order valence-electron chi connectivity index (χ0n) is 22.6. The van der Waals surface area contributed by atoms with Crippen LogP contribution in [-0.2, 0) is 20.9 Å². The van der Waals surface area contributed by atoms with Crippen molar-refractivity contribution in [1.82, 2.24) is 14.8 Å². The molecule has 2 saturated heterocycles. The van der Waals surface area contributed by atoms with Gasteiger partial charge in [-0.15, -0.1) is 0 Å². The molecule has 1 aromatic carbocycles. The Balaban J connectivity index is 0.000000396. The third kappa shape index (κ3) is 15.4. The van der Waals surface area contributed by atoms with Crippen LogP contribution in [0.1, 0.15) is 12.0 Å². The molecule has 0 amide bonds. The lowest BCUT2D eigenvalue weighted by atomic mass is 10.1. The number of rotatable bonds is 4. The summed E-state index contributed by atoms with van der Waals surface area (Å²) in [4.78, 5) is 35.9. The van der Waals surface area contributed by atoms with Gasteiger partial charge in [-0.25, -0.2) is 18.8 Å². The van der Waals surface area contributed by atoms with Crippen LogP contribution in [0.3, 0.4) is 0 Å². The number of carboxylic acid groups (broad SMARTS) is 3. The van der Waals surface area contributed by atoms with Crippen LogP contribution in [0.15, 0.2) is 48.8 Å². The van der Waals surface area contributed by atoms with Crippen molar-refractivity contribution in [3.8, 4) is 5.75 Å². The summed E-state index contributed by atoms with van der Waals surface area (Å²) in [5.41, 5.74) is 1.26. The third-order valence-corrected chi connectivity index (χ3v) is 5.62. The summed E-state index contributed by atoms with van der Waals surface area (Å²) in [5, 5.41) is 21.4. The Bertz CT molecular complexity index is 1190. The molecule has 10 nitrogen and oxygen atoms in total. The maximum Gasteiger partial charge on any atom is 0.490 e. The number of alkyl halides is 9. The average molecular weight is 669 g/mol. The maximum absolute atomic E-state index is 13.3. The van der Waals surface area contributed by atoms with Crippen LogP contribution in [0.2, 0.25) is 0 Å². The molecule has 2 aliphatic heterocycles. The summed E-state index contributed by atoms with van der Waals surface area (Å²) in [5.74, 6) is -7.88. The number of aromatic nitrogens is 1. The molecule has 0 unspecified atom stereocenters. The number of piperazine rings is 1.